The first-order chi connectivity index (χ1) is 28.8. The van der Waals surface area contributed by atoms with Crippen LogP contribution in [0.4, 0.5) is 0 Å². The van der Waals surface area contributed by atoms with Gasteiger partial charge in [0, 0.05) is 0 Å². The quantitative estimate of drug-likeness (QED) is 0.125. The van der Waals surface area contributed by atoms with E-state index in [1.807, 2.05) is 0 Å². The molecule has 58 heavy (non-hydrogen) atoms. The summed E-state index contributed by atoms with van der Waals surface area (Å²) in [7, 11) is 0. The van der Waals surface area contributed by atoms with Gasteiger partial charge >= 0.3 is 0 Å². The summed E-state index contributed by atoms with van der Waals surface area (Å²) in [6.07, 6.45) is 0. The van der Waals surface area contributed by atoms with Gasteiger partial charge in [0.15, 0.2) is 0 Å². The van der Waals surface area contributed by atoms with Crippen LogP contribution in [0.25, 0.3) is 120 Å². The first-order valence-electron chi connectivity index (χ1n) is 20.2. The maximum Gasteiger partial charge on any atom is -0.00197 e. The molecule has 12 rings (SSSR count). The van der Waals surface area contributed by atoms with Crippen molar-refractivity contribution < 1.29 is 0 Å². The van der Waals surface area contributed by atoms with Crippen LogP contribution in [0.2, 0.25) is 0 Å². The Morgan fingerprint density at radius 2 is 0.586 bits per heavy atom. The van der Waals surface area contributed by atoms with E-state index in [1.165, 1.54) is 120 Å². The molecule has 0 heterocycles. The van der Waals surface area contributed by atoms with Gasteiger partial charge in [-0.1, -0.05) is 194 Å². The second-order valence-electron chi connectivity index (χ2n) is 15.6. The molecule has 0 saturated carbocycles. The number of fused-ring (bicyclic) bond motifs is 9. The zero-order valence-electron chi connectivity index (χ0n) is 31.8. The second-order valence-corrected chi connectivity index (χ2v) is 15.6. The van der Waals surface area contributed by atoms with Gasteiger partial charge in [0.2, 0.25) is 0 Å². The smallest absolute Gasteiger partial charge is 0.00197 e. The summed E-state index contributed by atoms with van der Waals surface area (Å²) in [4.78, 5) is 0. The zero-order valence-corrected chi connectivity index (χ0v) is 31.8. The highest BCUT2D eigenvalue weighted by Gasteiger charge is 2.20. The van der Waals surface area contributed by atoms with Crippen molar-refractivity contribution in [3.05, 3.63) is 218 Å². The van der Waals surface area contributed by atoms with Gasteiger partial charge in [-0.2, -0.15) is 0 Å². The first kappa shape index (κ1) is 32.7. The Balaban J connectivity index is 1.14. The van der Waals surface area contributed by atoms with Crippen molar-refractivity contribution in [2.75, 3.05) is 0 Å². The lowest BCUT2D eigenvalue weighted by Gasteiger charge is -2.20. The summed E-state index contributed by atoms with van der Waals surface area (Å²) >= 11 is 0. The van der Waals surface area contributed by atoms with Crippen LogP contribution in [0, 0.1) is 0 Å². The largest absolute Gasteiger partial charge is 0.0616 e. The van der Waals surface area contributed by atoms with Crippen molar-refractivity contribution >= 4 is 75.4 Å². The molecule has 0 nitrogen and oxygen atoms in total. The van der Waals surface area contributed by atoms with Gasteiger partial charge in [-0.3, -0.25) is 0 Å². The molecular formula is C58H36. The van der Waals surface area contributed by atoms with E-state index in [0.717, 1.165) is 0 Å². The maximum absolute atomic E-state index is 2.45. The molecule has 268 valence electrons. The van der Waals surface area contributed by atoms with Crippen molar-refractivity contribution in [3.8, 4) is 44.5 Å². The van der Waals surface area contributed by atoms with Gasteiger partial charge < -0.3 is 0 Å². The SMILES string of the molecule is c1ccc2cc(-c3ccc4c(-c5ccc(-c6cc7ccccc7c7ccccc67)cc5)c5ccccc5c(-c5cc6ccccc6c6ccccc56)c4c3)ccc2c1. The Kier molecular flexibility index (Phi) is 7.33. The predicted molar refractivity (Wildman–Crippen MR) is 251 cm³/mol. The Hall–Kier alpha value is -7.54. The van der Waals surface area contributed by atoms with Gasteiger partial charge in [0.1, 0.15) is 0 Å². The van der Waals surface area contributed by atoms with Crippen molar-refractivity contribution in [1.29, 1.82) is 0 Å². The van der Waals surface area contributed by atoms with E-state index in [2.05, 4.69) is 218 Å². The Morgan fingerprint density at radius 3 is 1.24 bits per heavy atom. The molecule has 0 aliphatic heterocycles. The number of hydrogen-bond donors (Lipinski definition) is 0. The number of benzene rings is 12. The summed E-state index contributed by atoms with van der Waals surface area (Å²) in [5, 5.41) is 17.7. The summed E-state index contributed by atoms with van der Waals surface area (Å²) in [6, 6.07) is 81.0. The van der Waals surface area contributed by atoms with E-state index in [9.17, 15) is 0 Å². The number of rotatable bonds is 4. The molecule has 0 amide bonds. The van der Waals surface area contributed by atoms with Crippen molar-refractivity contribution in [1.82, 2.24) is 0 Å². The van der Waals surface area contributed by atoms with Crippen LogP contribution in [0.15, 0.2) is 218 Å². The van der Waals surface area contributed by atoms with Crippen LogP contribution < -0.4 is 0 Å². The average molecular weight is 733 g/mol. The molecule has 12 aromatic rings. The Morgan fingerprint density at radius 1 is 0.172 bits per heavy atom. The summed E-state index contributed by atoms with van der Waals surface area (Å²) < 4.78 is 0. The van der Waals surface area contributed by atoms with Gasteiger partial charge in [0.05, 0.1) is 0 Å². The highest BCUT2D eigenvalue weighted by Crippen LogP contribution is 2.48. The molecule has 0 bridgehead atoms. The molecular weight excluding hydrogens is 697 g/mol. The van der Waals surface area contributed by atoms with Crippen molar-refractivity contribution in [3.63, 3.8) is 0 Å². The lowest BCUT2D eigenvalue weighted by molar-refractivity contribution is 1.64. The lowest BCUT2D eigenvalue weighted by atomic mass is 9.82. The van der Waals surface area contributed by atoms with Gasteiger partial charge in [-0.05, 0) is 144 Å². The van der Waals surface area contributed by atoms with Gasteiger partial charge in [-0.15, -0.1) is 0 Å². The van der Waals surface area contributed by atoms with Crippen LogP contribution in [-0.4, -0.2) is 0 Å². The summed E-state index contributed by atoms with van der Waals surface area (Å²) in [5.74, 6) is 0. The third-order valence-electron chi connectivity index (χ3n) is 12.4. The Bertz CT molecular complexity index is 3610. The van der Waals surface area contributed by atoms with Crippen LogP contribution >= 0.6 is 0 Å². The lowest BCUT2D eigenvalue weighted by Crippen LogP contribution is -1.93. The van der Waals surface area contributed by atoms with Gasteiger partial charge in [0.25, 0.3) is 0 Å². The predicted octanol–water partition coefficient (Wildman–Crippen LogP) is 16.4. The van der Waals surface area contributed by atoms with Crippen LogP contribution in [0.1, 0.15) is 0 Å². The van der Waals surface area contributed by atoms with Crippen molar-refractivity contribution in [2.24, 2.45) is 0 Å². The molecule has 0 aliphatic rings. The third kappa shape index (κ3) is 5.09. The third-order valence-corrected chi connectivity index (χ3v) is 12.4. The summed E-state index contributed by atoms with van der Waals surface area (Å²) in [5.41, 5.74) is 9.92. The van der Waals surface area contributed by atoms with Crippen LogP contribution in [0.5, 0.6) is 0 Å². The fourth-order valence-electron chi connectivity index (χ4n) is 9.70. The zero-order chi connectivity index (χ0) is 38.2. The van der Waals surface area contributed by atoms with E-state index in [-0.39, 0.29) is 0 Å². The van der Waals surface area contributed by atoms with Crippen molar-refractivity contribution in [2.45, 2.75) is 0 Å². The minimum atomic E-state index is 1.21. The number of hydrogen-bond acceptors (Lipinski definition) is 0. The molecule has 0 fully saturated rings. The maximum atomic E-state index is 2.45. The monoisotopic (exact) mass is 732 g/mol. The first-order valence-corrected chi connectivity index (χ1v) is 20.2. The van der Waals surface area contributed by atoms with E-state index < -0.39 is 0 Å². The molecule has 0 N–H and O–H groups in total. The molecule has 0 spiro atoms. The topological polar surface area (TPSA) is 0 Å². The van der Waals surface area contributed by atoms with E-state index in [1.54, 1.807) is 0 Å². The molecule has 0 aliphatic carbocycles. The van der Waals surface area contributed by atoms with E-state index in [4.69, 9.17) is 0 Å². The van der Waals surface area contributed by atoms with Gasteiger partial charge in [-0.25, -0.2) is 0 Å². The average Bonchev–Trinajstić information content (AvgIpc) is 3.30. The highest BCUT2D eigenvalue weighted by atomic mass is 14.2. The van der Waals surface area contributed by atoms with E-state index in [0.29, 0.717) is 0 Å². The second kappa shape index (κ2) is 13.0. The molecule has 0 aromatic heterocycles. The normalized spacial score (nSPS) is 11.8. The van der Waals surface area contributed by atoms with E-state index >= 15 is 0 Å². The molecule has 0 radical (unpaired) electrons. The molecule has 0 heteroatoms. The summed E-state index contributed by atoms with van der Waals surface area (Å²) in [6.45, 7) is 0. The Labute approximate surface area is 336 Å². The molecule has 0 atom stereocenters. The molecule has 0 saturated heterocycles. The fourth-order valence-corrected chi connectivity index (χ4v) is 9.70. The standard InChI is InChI=1S/C58H36/c1-2-14-40-33-41(30-25-37(40)13-1)42-31-32-53-56(34-42)58(55-36-44-16-4-6-18-46(44)48-20-8-10-22-50(48)55)52-24-12-11-23-51(52)57(53)39-28-26-38(27-29-39)54-35-43-15-3-5-17-45(43)47-19-7-9-21-49(47)54/h1-36H. The fraction of sp³-hybridized carbons (Fsp3) is 0. The molecule has 0 unspecified atom stereocenters. The van der Waals surface area contributed by atoms with Crippen LogP contribution in [0.3, 0.4) is 0 Å². The highest BCUT2D eigenvalue weighted by molar-refractivity contribution is 6.26. The minimum absolute atomic E-state index is 1.21. The minimum Gasteiger partial charge on any atom is -0.0616 e. The van der Waals surface area contributed by atoms with Crippen LogP contribution in [-0.2, 0) is 0 Å². The molecule has 12 aromatic carbocycles.